The van der Waals surface area contributed by atoms with E-state index in [-0.39, 0.29) is 22.8 Å². The molecule has 1 amide bonds. The average molecular weight is 428 g/mol. The minimum absolute atomic E-state index is 0.112. The van der Waals surface area contributed by atoms with Crippen molar-refractivity contribution in [2.75, 3.05) is 31.1 Å². The van der Waals surface area contributed by atoms with E-state index in [0.717, 1.165) is 37.3 Å². The average Bonchev–Trinajstić information content (AvgIpc) is 2.69. The van der Waals surface area contributed by atoms with Gasteiger partial charge in [0.05, 0.1) is 12.4 Å². The molecule has 172 valence electrons. The first kappa shape index (κ1) is 22.5. The zero-order chi connectivity index (χ0) is 22.2. The molecule has 0 bridgehead atoms. The van der Waals surface area contributed by atoms with Gasteiger partial charge in [0.1, 0.15) is 11.5 Å². The lowest BCUT2D eigenvalue weighted by Crippen LogP contribution is -2.63. The smallest absolute Gasteiger partial charge is 0.271 e. The van der Waals surface area contributed by atoms with E-state index in [1.165, 1.54) is 45.2 Å². The predicted molar refractivity (Wildman–Crippen MR) is 125 cm³/mol. The van der Waals surface area contributed by atoms with Gasteiger partial charge in [-0.05, 0) is 55.4 Å². The van der Waals surface area contributed by atoms with Crippen molar-refractivity contribution < 1.29 is 4.79 Å². The van der Waals surface area contributed by atoms with E-state index in [2.05, 4.69) is 59.7 Å². The Kier molecular flexibility index (Phi) is 6.30. The van der Waals surface area contributed by atoms with Gasteiger partial charge in [-0.2, -0.15) is 0 Å². The summed E-state index contributed by atoms with van der Waals surface area (Å²) in [6.07, 6.45) is 11.1. The molecule has 0 unspecified atom stereocenters. The molecule has 4 rings (SSSR count). The lowest BCUT2D eigenvalue weighted by molar-refractivity contribution is -0.0367. The molecule has 2 saturated carbocycles. The van der Waals surface area contributed by atoms with Crippen LogP contribution in [-0.4, -0.2) is 59.0 Å². The van der Waals surface area contributed by atoms with Crippen molar-refractivity contribution in [2.24, 2.45) is 16.7 Å². The standard InChI is InChI=1S/C25H41N5O/c1-6-29(19-8-7-9-19)16-18-10-12-30(13-11-18)21-15-26-20(14-27-21)22(31)28-23-24(2,3)17-25(23,4)5/h14-15,18-19,23H,6-13,16-17H2,1-5H3,(H,28,31). The van der Waals surface area contributed by atoms with Gasteiger partial charge in [0, 0.05) is 31.7 Å². The number of nitrogens with one attached hydrogen (secondary N) is 1. The van der Waals surface area contributed by atoms with E-state index in [1.54, 1.807) is 12.4 Å². The number of hydrogen-bond donors (Lipinski definition) is 1. The highest BCUT2D eigenvalue weighted by Crippen LogP contribution is 2.53. The van der Waals surface area contributed by atoms with Crippen LogP contribution in [0.5, 0.6) is 0 Å². The fraction of sp³-hybridized carbons (Fsp3) is 0.800. The second-order valence-corrected chi connectivity index (χ2v) is 11.4. The van der Waals surface area contributed by atoms with Crippen molar-refractivity contribution in [2.45, 2.75) is 85.2 Å². The first-order valence-corrected chi connectivity index (χ1v) is 12.3. The molecule has 2 heterocycles. The zero-order valence-corrected chi connectivity index (χ0v) is 20.2. The van der Waals surface area contributed by atoms with E-state index in [9.17, 15) is 4.79 Å². The molecule has 1 saturated heterocycles. The predicted octanol–water partition coefficient (Wildman–Crippen LogP) is 4.12. The molecule has 3 fully saturated rings. The highest BCUT2D eigenvalue weighted by atomic mass is 16.2. The minimum Gasteiger partial charge on any atom is -0.355 e. The van der Waals surface area contributed by atoms with Gasteiger partial charge in [0.15, 0.2) is 0 Å². The fourth-order valence-corrected chi connectivity index (χ4v) is 6.47. The third-order valence-corrected chi connectivity index (χ3v) is 8.05. The van der Waals surface area contributed by atoms with Crippen molar-refractivity contribution in [3.8, 4) is 0 Å². The van der Waals surface area contributed by atoms with Gasteiger partial charge < -0.3 is 15.1 Å². The van der Waals surface area contributed by atoms with Crippen LogP contribution >= 0.6 is 0 Å². The molecule has 1 N–H and O–H groups in total. The summed E-state index contributed by atoms with van der Waals surface area (Å²) in [5.74, 6) is 1.56. The Labute approximate surface area is 188 Å². The molecule has 6 heteroatoms. The van der Waals surface area contributed by atoms with Crippen molar-refractivity contribution in [1.29, 1.82) is 0 Å². The van der Waals surface area contributed by atoms with Crippen LogP contribution in [-0.2, 0) is 0 Å². The maximum Gasteiger partial charge on any atom is 0.271 e. The van der Waals surface area contributed by atoms with Crippen molar-refractivity contribution in [3.63, 3.8) is 0 Å². The normalized spacial score (nSPS) is 24.0. The summed E-state index contributed by atoms with van der Waals surface area (Å²) in [4.78, 5) is 26.8. The summed E-state index contributed by atoms with van der Waals surface area (Å²) in [5, 5.41) is 3.20. The molecule has 0 spiro atoms. The molecule has 0 radical (unpaired) electrons. The first-order chi connectivity index (χ1) is 14.7. The Morgan fingerprint density at radius 1 is 1.10 bits per heavy atom. The lowest BCUT2D eigenvalue weighted by Gasteiger charge is -2.57. The summed E-state index contributed by atoms with van der Waals surface area (Å²) in [7, 11) is 0. The van der Waals surface area contributed by atoms with E-state index < -0.39 is 0 Å². The SMILES string of the molecule is CCN(CC1CCN(c2cnc(C(=O)NC3C(C)(C)CC3(C)C)cn2)CC1)C1CCC1. The summed E-state index contributed by atoms with van der Waals surface area (Å²) in [6, 6.07) is 0.999. The van der Waals surface area contributed by atoms with Gasteiger partial charge in [-0.15, -0.1) is 0 Å². The highest BCUT2D eigenvalue weighted by Gasteiger charge is 2.53. The molecule has 0 atom stereocenters. The molecule has 31 heavy (non-hydrogen) atoms. The Balaban J connectivity index is 1.28. The van der Waals surface area contributed by atoms with Crippen LogP contribution in [0, 0.1) is 16.7 Å². The molecule has 1 aliphatic heterocycles. The molecular formula is C25H41N5O. The first-order valence-electron chi connectivity index (χ1n) is 12.3. The second kappa shape index (κ2) is 8.68. The topological polar surface area (TPSA) is 61.4 Å². The van der Waals surface area contributed by atoms with Crippen molar-refractivity contribution in [1.82, 2.24) is 20.2 Å². The third kappa shape index (κ3) is 4.74. The van der Waals surface area contributed by atoms with Crippen LogP contribution in [0.15, 0.2) is 12.4 Å². The van der Waals surface area contributed by atoms with E-state index in [1.807, 2.05) is 0 Å². The Morgan fingerprint density at radius 3 is 2.26 bits per heavy atom. The molecule has 1 aromatic heterocycles. The number of nitrogens with zero attached hydrogens (tertiary/aromatic N) is 4. The Bertz CT molecular complexity index is 749. The number of hydrogen-bond acceptors (Lipinski definition) is 5. The monoisotopic (exact) mass is 427 g/mol. The van der Waals surface area contributed by atoms with E-state index >= 15 is 0 Å². The highest BCUT2D eigenvalue weighted by molar-refractivity contribution is 5.92. The fourth-order valence-electron chi connectivity index (χ4n) is 6.47. The van der Waals surface area contributed by atoms with Gasteiger partial charge in [0.25, 0.3) is 5.91 Å². The summed E-state index contributed by atoms with van der Waals surface area (Å²) >= 11 is 0. The molecule has 3 aliphatic rings. The van der Waals surface area contributed by atoms with Gasteiger partial charge in [-0.25, -0.2) is 9.97 Å². The van der Waals surface area contributed by atoms with Gasteiger partial charge in [0.2, 0.25) is 0 Å². The van der Waals surface area contributed by atoms with Crippen molar-refractivity contribution >= 4 is 11.7 Å². The third-order valence-electron chi connectivity index (χ3n) is 8.05. The summed E-state index contributed by atoms with van der Waals surface area (Å²) in [5.41, 5.74) is 0.669. The minimum atomic E-state index is -0.112. The van der Waals surface area contributed by atoms with Crippen LogP contribution < -0.4 is 10.2 Å². The molecule has 1 aromatic rings. The maximum atomic E-state index is 12.7. The number of piperidine rings is 1. The number of aromatic nitrogens is 2. The van der Waals surface area contributed by atoms with Crippen molar-refractivity contribution in [3.05, 3.63) is 18.1 Å². The second-order valence-electron chi connectivity index (χ2n) is 11.4. The van der Waals surface area contributed by atoms with Crippen LogP contribution in [0.25, 0.3) is 0 Å². The zero-order valence-electron chi connectivity index (χ0n) is 20.2. The van der Waals surface area contributed by atoms with Crippen LogP contribution in [0.4, 0.5) is 5.82 Å². The van der Waals surface area contributed by atoms with Gasteiger partial charge in [-0.3, -0.25) is 4.79 Å². The number of amides is 1. The Hall–Kier alpha value is -1.69. The van der Waals surface area contributed by atoms with Crippen LogP contribution in [0.3, 0.4) is 0 Å². The number of rotatable bonds is 7. The summed E-state index contributed by atoms with van der Waals surface area (Å²) in [6.45, 7) is 15.6. The van der Waals surface area contributed by atoms with Crippen LogP contribution in [0.2, 0.25) is 0 Å². The lowest BCUT2D eigenvalue weighted by atomic mass is 9.52. The largest absolute Gasteiger partial charge is 0.355 e. The van der Waals surface area contributed by atoms with E-state index in [4.69, 9.17) is 0 Å². The molecule has 2 aliphatic carbocycles. The molecule has 6 nitrogen and oxygen atoms in total. The molecule has 0 aromatic carbocycles. The maximum absolute atomic E-state index is 12.7. The molecular weight excluding hydrogens is 386 g/mol. The van der Waals surface area contributed by atoms with Crippen LogP contribution in [0.1, 0.15) is 83.6 Å². The van der Waals surface area contributed by atoms with E-state index in [0.29, 0.717) is 5.69 Å². The van der Waals surface area contributed by atoms with Gasteiger partial charge >= 0.3 is 0 Å². The number of carbonyl (C=O) groups is 1. The summed E-state index contributed by atoms with van der Waals surface area (Å²) < 4.78 is 0. The van der Waals surface area contributed by atoms with Gasteiger partial charge in [-0.1, -0.05) is 41.0 Å². The quantitative estimate of drug-likeness (QED) is 0.709. The Morgan fingerprint density at radius 2 is 1.77 bits per heavy atom. The number of carbonyl (C=O) groups excluding carboxylic acids is 1. The number of anilines is 1.